The van der Waals surface area contributed by atoms with Gasteiger partial charge in [-0.15, -0.1) is 0 Å². The third-order valence-electron chi connectivity index (χ3n) is 2.72. The first-order valence-electron chi connectivity index (χ1n) is 7.77. The van der Waals surface area contributed by atoms with Crippen LogP contribution in [0.25, 0.3) is 6.08 Å². The zero-order valence-electron chi connectivity index (χ0n) is 15.3. The van der Waals surface area contributed by atoms with Crippen LogP contribution in [0.15, 0.2) is 22.7 Å². The fourth-order valence-electron chi connectivity index (χ4n) is 1.91. The van der Waals surface area contributed by atoms with Crippen molar-refractivity contribution in [3.63, 3.8) is 0 Å². The second kappa shape index (κ2) is 7.51. The Morgan fingerprint density at radius 3 is 1.79 bits per heavy atom. The van der Waals surface area contributed by atoms with Crippen molar-refractivity contribution in [2.75, 3.05) is 0 Å². The van der Waals surface area contributed by atoms with Crippen LogP contribution in [0.2, 0.25) is 0 Å². The summed E-state index contributed by atoms with van der Waals surface area (Å²) in [6, 6.07) is 3.24. The van der Waals surface area contributed by atoms with E-state index in [1.807, 2.05) is 27.7 Å². The van der Waals surface area contributed by atoms with E-state index in [4.69, 9.17) is 9.47 Å². The van der Waals surface area contributed by atoms with Crippen LogP contribution in [0.3, 0.4) is 0 Å². The Morgan fingerprint density at radius 2 is 1.38 bits per heavy atom. The van der Waals surface area contributed by atoms with E-state index < -0.39 is 23.1 Å². The van der Waals surface area contributed by atoms with Gasteiger partial charge in [0.1, 0.15) is 11.2 Å². The Balaban J connectivity index is 3.33. The summed E-state index contributed by atoms with van der Waals surface area (Å²) in [6.45, 7) is 12.7. The van der Waals surface area contributed by atoms with E-state index in [9.17, 15) is 9.59 Å². The average Bonchev–Trinajstić information content (AvgIpc) is 2.36. The predicted molar refractivity (Wildman–Crippen MR) is 99.2 cm³/mol. The first-order valence-corrected chi connectivity index (χ1v) is 8.56. The van der Waals surface area contributed by atoms with Crippen molar-refractivity contribution in [3.05, 3.63) is 39.4 Å². The number of hydrogen-bond acceptors (Lipinski definition) is 4. The molecular weight excluding hydrogens is 372 g/mol. The summed E-state index contributed by atoms with van der Waals surface area (Å²) in [5.41, 5.74) is 0.171. The lowest BCUT2D eigenvalue weighted by atomic mass is 10.0. The Hall–Kier alpha value is -1.62. The maximum Gasteiger partial charge on any atom is 0.339 e. The number of benzene rings is 1. The van der Waals surface area contributed by atoms with E-state index in [0.717, 1.165) is 0 Å². The number of esters is 2. The van der Waals surface area contributed by atoms with Gasteiger partial charge in [-0.2, -0.15) is 0 Å². The molecule has 132 valence electrons. The molecule has 0 atom stereocenters. The van der Waals surface area contributed by atoms with Gasteiger partial charge in [0.2, 0.25) is 0 Å². The zero-order valence-corrected chi connectivity index (χ0v) is 16.9. The van der Waals surface area contributed by atoms with Crippen LogP contribution in [-0.4, -0.2) is 23.1 Å². The van der Waals surface area contributed by atoms with Crippen molar-refractivity contribution in [2.24, 2.45) is 0 Å². The third-order valence-corrected chi connectivity index (χ3v) is 3.38. The van der Waals surface area contributed by atoms with Gasteiger partial charge in [0, 0.05) is 4.47 Å². The Morgan fingerprint density at radius 1 is 0.917 bits per heavy atom. The van der Waals surface area contributed by atoms with E-state index in [0.29, 0.717) is 21.2 Å². The molecule has 1 aromatic carbocycles. The van der Waals surface area contributed by atoms with Gasteiger partial charge < -0.3 is 9.47 Å². The molecule has 0 amide bonds. The van der Waals surface area contributed by atoms with Gasteiger partial charge >= 0.3 is 11.9 Å². The second-order valence-corrected chi connectivity index (χ2v) is 8.28. The standard InChI is InChI=1S/C19H25BrO4/c1-8-9-12-10-14(17(22)24-19(5,6)7)15(20)11-13(12)16(21)23-18(2,3)4/h8-11H,1-7H3/b9-8-. The Bertz CT molecular complexity index is 661. The first kappa shape index (κ1) is 20.4. The van der Waals surface area contributed by atoms with Crippen LogP contribution >= 0.6 is 15.9 Å². The van der Waals surface area contributed by atoms with Gasteiger partial charge in [-0.3, -0.25) is 0 Å². The van der Waals surface area contributed by atoms with Crippen LogP contribution in [0.5, 0.6) is 0 Å². The molecule has 4 nitrogen and oxygen atoms in total. The molecular formula is C19H25BrO4. The number of allylic oxidation sites excluding steroid dienone is 1. The first-order chi connectivity index (χ1) is 10.8. The van der Waals surface area contributed by atoms with Gasteiger partial charge in [-0.1, -0.05) is 12.2 Å². The van der Waals surface area contributed by atoms with Crippen molar-refractivity contribution >= 4 is 33.9 Å². The molecule has 5 heteroatoms. The number of ether oxygens (including phenoxy) is 2. The molecule has 0 fully saturated rings. The number of halogens is 1. The molecule has 0 aliphatic heterocycles. The van der Waals surface area contributed by atoms with Crippen LogP contribution < -0.4 is 0 Å². The molecule has 24 heavy (non-hydrogen) atoms. The number of carbonyl (C=O) groups is 2. The van der Waals surface area contributed by atoms with Crippen molar-refractivity contribution in [1.29, 1.82) is 0 Å². The van der Waals surface area contributed by atoms with Crippen LogP contribution in [0, 0.1) is 0 Å². The van der Waals surface area contributed by atoms with Gasteiger partial charge in [0.05, 0.1) is 11.1 Å². The summed E-state index contributed by atoms with van der Waals surface area (Å²) in [7, 11) is 0. The molecule has 0 aliphatic carbocycles. The Labute approximate surface area is 152 Å². The van der Waals surface area contributed by atoms with Crippen LogP contribution in [0.1, 0.15) is 74.7 Å². The molecule has 1 rings (SSSR count). The molecule has 0 aliphatic rings. The average molecular weight is 397 g/mol. The maximum absolute atomic E-state index is 12.4. The van der Waals surface area contributed by atoms with Gasteiger partial charge in [0.15, 0.2) is 0 Å². The third kappa shape index (κ3) is 6.11. The van der Waals surface area contributed by atoms with Gasteiger partial charge in [-0.25, -0.2) is 9.59 Å². The summed E-state index contributed by atoms with van der Waals surface area (Å²) in [6.07, 6.45) is 3.57. The SMILES string of the molecule is C/C=C\c1cc(C(=O)OC(C)(C)C)c(Br)cc1C(=O)OC(C)(C)C. The molecule has 0 aromatic heterocycles. The molecule has 0 spiro atoms. The molecule has 0 unspecified atom stereocenters. The minimum atomic E-state index is -0.597. The van der Waals surface area contributed by atoms with Gasteiger partial charge in [0.25, 0.3) is 0 Å². The highest BCUT2D eigenvalue weighted by Gasteiger charge is 2.24. The van der Waals surface area contributed by atoms with Crippen molar-refractivity contribution in [1.82, 2.24) is 0 Å². The van der Waals surface area contributed by atoms with E-state index in [1.165, 1.54) is 0 Å². The molecule has 0 saturated carbocycles. The molecule has 0 radical (unpaired) electrons. The maximum atomic E-state index is 12.4. The predicted octanol–water partition coefficient (Wildman–Crippen LogP) is 5.39. The highest BCUT2D eigenvalue weighted by atomic mass is 79.9. The number of hydrogen-bond donors (Lipinski definition) is 0. The lowest BCUT2D eigenvalue weighted by molar-refractivity contribution is 0.00507. The zero-order chi connectivity index (χ0) is 18.7. The summed E-state index contributed by atoms with van der Waals surface area (Å²) in [4.78, 5) is 24.8. The highest BCUT2D eigenvalue weighted by Crippen LogP contribution is 2.27. The largest absolute Gasteiger partial charge is 0.456 e. The smallest absolute Gasteiger partial charge is 0.339 e. The summed E-state index contributed by atoms with van der Waals surface area (Å²) in [5, 5.41) is 0. The number of rotatable bonds is 3. The summed E-state index contributed by atoms with van der Waals surface area (Å²) < 4.78 is 11.3. The molecule has 0 N–H and O–H groups in total. The lowest BCUT2D eigenvalue weighted by Crippen LogP contribution is -2.25. The Kier molecular flexibility index (Phi) is 6.39. The van der Waals surface area contributed by atoms with Crippen molar-refractivity contribution < 1.29 is 19.1 Å². The minimum absolute atomic E-state index is 0.366. The topological polar surface area (TPSA) is 52.6 Å². The summed E-state index contributed by atoms with van der Waals surface area (Å²) in [5.74, 6) is -0.886. The number of carbonyl (C=O) groups excluding carboxylic acids is 2. The van der Waals surface area contributed by atoms with Crippen LogP contribution in [0.4, 0.5) is 0 Å². The fourth-order valence-corrected chi connectivity index (χ4v) is 2.41. The second-order valence-electron chi connectivity index (χ2n) is 7.42. The monoisotopic (exact) mass is 396 g/mol. The lowest BCUT2D eigenvalue weighted by Gasteiger charge is -2.22. The van der Waals surface area contributed by atoms with E-state index in [2.05, 4.69) is 15.9 Å². The normalized spacial score (nSPS) is 12.3. The minimum Gasteiger partial charge on any atom is -0.456 e. The van der Waals surface area contributed by atoms with Crippen molar-refractivity contribution in [3.8, 4) is 0 Å². The molecule has 0 saturated heterocycles. The molecule has 0 bridgehead atoms. The molecule has 0 heterocycles. The van der Waals surface area contributed by atoms with Crippen LogP contribution in [-0.2, 0) is 9.47 Å². The molecule has 1 aromatic rings. The quantitative estimate of drug-likeness (QED) is 0.642. The van der Waals surface area contributed by atoms with Crippen molar-refractivity contribution in [2.45, 2.75) is 59.7 Å². The van der Waals surface area contributed by atoms with Gasteiger partial charge in [-0.05, 0) is 82.1 Å². The van der Waals surface area contributed by atoms with E-state index >= 15 is 0 Å². The fraction of sp³-hybridized carbons (Fsp3) is 0.474. The highest BCUT2D eigenvalue weighted by molar-refractivity contribution is 9.10. The van der Waals surface area contributed by atoms with E-state index in [1.54, 1.807) is 45.1 Å². The van der Waals surface area contributed by atoms with E-state index in [-0.39, 0.29) is 0 Å². The summed E-state index contributed by atoms with van der Waals surface area (Å²) >= 11 is 3.36.